The molecular weight excluding hydrogens is 733 g/mol. The van der Waals surface area contributed by atoms with Gasteiger partial charge in [-0.05, 0) is 103 Å². The van der Waals surface area contributed by atoms with Crippen molar-refractivity contribution in [3.05, 3.63) is 85.5 Å². The molecule has 0 amide bonds. The molecule has 2 saturated heterocycles. The molecule has 2 aliphatic rings. The van der Waals surface area contributed by atoms with Crippen LogP contribution >= 0.6 is 0 Å². The Bertz CT molecular complexity index is 2090. The Morgan fingerprint density at radius 1 is 0.500 bits per heavy atom. The van der Waals surface area contributed by atoms with E-state index in [1.165, 1.54) is 0 Å². The lowest BCUT2D eigenvalue weighted by Gasteiger charge is -2.46. The summed E-state index contributed by atoms with van der Waals surface area (Å²) in [5, 5.41) is 58.6. The number of hydrogen-bond donors (Lipinski definition) is 6. The first-order valence-corrected chi connectivity index (χ1v) is 19.7. The number of aromatic amines is 2. The van der Waals surface area contributed by atoms with E-state index in [-0.39, 0.29) is 45.9 Å². The van der Waals surface area contributed by atoms with Gasteiger partial charge >= 0.3 is 0 Å². The predicted molar refractivity (Wildman–Crippen MR) is 223 cm³/mol. The van der Waals surface area contributed by atoms with Crippen LogP contribution in [0.25, 0.3) is 44.8 Å². The second-order valence-electron chi connectivity index (χ2n) is 18.0. The smallest absolute Gasteiger partial charge is 0.233 e. The quantitative estimate of drug-likeness (QED) is 0.0877. The second-order valence-corrected chi connectivity index (χ2v) is 18.0. The zero-order chi connectivity index (χ0) is 41.3. The SMILES string of the molecule is CC1(C)CC(Oc2ccc(-c3ccc(-c4cn[nH]c4)cc3O)nn2)CC(C)(C)N1.CC1(C)CC(Oc2ccc(-c3ccc(-c4cn[nH]c4)cc3O)nn2)CC(C)(C)N1. The van der Waals surface area contributed by atoms with Crippen LogP contribution in [0.1, 0.15) is 81.1 Å². The van der Waals surface area contributed by atoms with E-state index >= 15 is 0 Å². The summed E-state index contributed by atoms with van der Waals surface area (Å²) in [6, 6.07) is 18.2. The molecule has 0 bridgehead atoms. The van der Waals surface area contributed by atoms with Crippen molar-refractivity contribution in [2.24, 2.45) is 0 Å². The predicted octanol–water partition coefficient (Wildman–Crippen LogP) is 7.85. The maximum absolute atomic E-state index is 10.5. The highest BCUT2D eigenvalue weighted by atomic mass is 16.5. The van der Waals surface area contributed by atoms with Crippen molar-refractivity contribution >= 4 is 0 Å². The molecule has 2 aromatic carbocycles. The molecule has 14 heteroatoms. The first-order valence-electron chi connectivity index (χ1n) is 19.7. The molecule has 4 aromatic heterocycles. The summed E-state index contributed by atoms with van der Waals surface area (Å²) in [6.07, 6.45) is 10.7. The van der Waals surface area contributed by atoms with E-state index < -0.39 is 0 Å². The number of hydrogen-bond acceptors (Lipinski definition) is 12. The lowest BCUT2D eigenvalue weighted by molar-refractivity contribution is 0.0518. The van der Waals surface area contributed by atoms with Gasteiger partial charge in [0.15, 0.2) is 0 Å². The fourth-order valence-corrected chi connectivity index (χ4v) is 8.69. The van der Waals surface area contributed by atoms with Crippen molar-refractivity contribution in [2.45, 2.75) is 115 Å². The van der Waals surface area contributed by atoms with Gasteiger partial charge < -0.3 is 30.3 Å². The van der Waals surface area contributed by atoms with Crippen molar-refractivity contribution in [1.29, 1.82) is 0 Å². The summed E-state index contributed by atoms with van der Waals surface area (Å²) in [6.45, 7) is 17.5. The first-order chi connectivity index (χ1) is 27.4. The number of rotatable bonds is 8. The van der Waals surface area contributed by atoms with Crippen molar-refractivity contribution < 1.29 is 19.7 Å². The molecule has 14 nitrogen and oxygen atoms in total. The maximum atomic E-state index is 10.5. The molecule has 304 valence electrons. The summed E-state index contributed by atoms with van der Waals surface area (Å²) in [5.41, 5.74) is 6.03. The third-order valence-corrected chi connectivity index (χ3v) is 10.4. The van der Waals surface area contributed by atoms with Gasteiger partial charge in [-0.3, -0.25) is 10.2 Å². The number of ether oxygens (including phenoxy) is 2. The molecule has 0 spiro atoms. The van der Waals surface area contributed by atoms with Crippen LogP contribution in [0.3, 0.4) is 0 Å². The van der Waals surface area contributed by atoms with Gasteiger partial charge in [0.2, 0.25) is 11.8 Å². The van der Waals surface area contributed by atoms with E-state index in [0.717, 1.165) is 47.9 Å². The highest BCUT2D eigenvalue weighted by Gasteiger charge is 2.40. The summed E-state index contributed by atoms with van der Waals surface area (Å²) in [5.74, 6) is 1.30. The van der Waals surface area contributed by atoms with Gasteiger partial charge in [-0.25, -0.2) is 0 Å². The minimum atomic E-state index is 0.00229. The van der Waals surface area contributed by atoms with Crippen LogP contribution < -0.4 is 20.1 Å². The molecule has 0 unspecified atom stereocenters. The molecule has 0 radical (unpaired) electrons. The summed E-state index contributed by atoms with van der Waals surface area (Å²) >= 11 is 0. The maximum Gasteiger partial charge on any atom is 0.233 e. The van der Waals surface area contributed by atoms with Crippen molar-refractivity contribution in [1.82, 2.24) is 51.4 Å². The number of phenols is 2. The number of piperidine rings is 2. The number of nitrogens with one attached hydrogen (secondary N) is 4. The Hall–Kier alpha value is -5.86. The third kappa shape index (κ3) is 9.98. The average Bonchev–Trinajstić information content (AvgIpc) is 3.86. The monoisotopic (exact) mass is 786 g/mol. The Kier molecular flexibility index (Phi) is 11.0. The summed E-state index contributed by atoms with van der Waals surface area (Å²) < 4.78 is 12.3. The lowest BCUT2D eigenvalue weighted by atomic mass is 9.81. The van der Waals surface area contributed by atoms with Gasteiger partial charge in [0.25, 0.3) is 0 Å². The standard InChI is InChI=1S/2C22H27N5O2/c2*1-21(2)10-16(11-22(3,4)27-21)29-20-8-7-18(25-26-20)17-6-5-14(9-19(17)28)15-12-23-24-13-15/h2*5-9,12-13,16,27-28H,10-11H2,1-4H3,(H,23,24). The highest BCUT2D eigenvalue weighted by Crippen LogP contribution is 2.36. The normalized spacial score (nSPS) is 18.5. The molecule has 58 heavy (non-hydrogen) atoms. The van der Waals surface area contributed by atoms with E-state index in [9.17, 15) is 10.2 Å². The molecule has 6 aromatic rings. The van der Waals surface area contributed by atoms with Crippen LogP contribution in [0.15, 0.2) is 85.5 Å². The zero-order valence-electron chi connectivity index (χ0n) is 34.5. The number of aromatic hydroxyl groups is 2. The molecule has 2 fully saturated rings. The lowest BCUT2D eigenvalue weighted by Crippen LogP contribution is -2.60. The molecular formula is C44H54N10O4. The Balaban J connectivity index is 0.000000177. The topological polar surface area (TPSA) is 192 Å². The number of phenolic OH excluding ortho intramolecular Hbond substituents is 2. The Labute approximate surface area is 339 Å². The van der Waals surface area contributed by atoms with Crippen LogP contribution in [0.4, 0.5) is 0 Å². The molecule has 0 aliphatic carbocycles. The average molecular weight is 787 g/mol. The Morgan fingerprint density at radius 2 is 0.879 bits per heavy atom. The van der Waals surface area contributed by atoms with Crippen LogP contribution in [0.2, 0.25) is 0 Å². The van der Waals surface area contributed by atoms with Gasteiger partial charge in [-0.15, -0.1) is 20.4 Å². The number of H-pyrrole nitrogens is 2. The fourth-order valence-electron chi connectivity index (χ4n) is 8.69. The van der Waals surface area contributed by atoms with Crippen molar-refractivity contribution in [2.75, 3.05) is 0 Å². The zero-order valence-corrected chi connectivity index (χ0v) is 34.5. The first kappa shape index (κ1) is 40.3. The van der Waals surface area contributed by atoms with Crippen molar-refractivity contribution in [3.63, 3.8) is 0 Å². The third-order valence-electron chi connectivity index (χ3n) is 10.4. The van der Waals surface area contributed by atoms with Gasteiger partial charge in [-0.1, -0.05) is 12.1 Å². The van der Waals surface area contributed by atoms with Gasteiger partial charge in [0.1, 0.15) is 23.7 Å². The van der Waals surface area contributed by atoms with Gasteiger partial charge in [-0.2, -0.15) is 10.2 Å². The minimum Gasteiger partial charge on any atom is -0.507 e. The summed E-state index contributed by atoms with van der Waals surface area (Å²) in [7, 11) is 0. The molecule has 0 saturated carbocycles. The van der Waals surface area contributed by atoms with Crippen LogP contribution in [-0.2, 0) is 0 Å². The van der Waals surface area contributed by atoms with E-state index in [2.05, 4.69) is 107 Å². The molecule has 6 N–H and O–H groups in total. The van der Waals surface area contributed by atoms with Crippen molar-refractivity contribution in [3.8, 4) is 68.0 Å². The van der Waals surface area contributed by atoms with E-state index in [1.807, 2.05) is 48.5 Å². The van der Waals surface area contributed by atoms with E-state index in [4.69, 9.17) is 9.47 Å². The van der Waals surface area contributed by atoms with Gasteiger partial charge in [0, 0.05) is 94.6 Å². The number of nitrogens with zero attached hydrogens (tertiary/aromatic N) is 6. The van der Waals surface area contributed by atoms with Crippen LogP contribution in [-0.4, -0.2) is 85.4 Å². The molecule has 0 atom stereocenters. The summed E-state index contributed by atoms with van der Waals surface area (Å²) in [4.78, 5) is 0. The molecule has 6 heterocycles. The largest absolute Gasteiger partial charge is 0.507 e. The Morgan fingerprint density at radius 3 is 1.17 bits per heavy atom. The fraction of sp³-hybridized carbons (Fsp3) is 0.409. The van der Waals surface area contributed by atoms with Crippen LogP contribution in [0, 0.1) is 0 Å². The minimum absolute atomic E-state index is 0.00229. The highest BCUT2D eigenvalue weighted by molar-refractivity contribution is 5.74. The van der Waals surface area contributed by atoms with E-state index in [0.29, 0.717) is 34.3 Å². The van der Waals surface area contributed by atoms with Crippen LogP contribution in [0.5, 0.6) is 23.3 Å². The molecule has 2 aliphatic heterocycles. The number of benzene rings is 2. The molecule has 8 rings (SSSR count). The number of aromatic nitrogens is 8. The second kappa shape index (κ2) is 15.8. The van der Waals surface area contributed by atoms with E-state index in [1.54, 1.807) is 36.9 Å². The van der Waals surface area contributed by atoms with Gasteiger partial charge in [0.05, 0.1) is 23.8 Å².